The Balaban J connectivity index is 2.46. The molecule has 8 heteroatoms. The van der Waals surface area contributed by atoms with Crippen molar-refractivity contribution in [3.8, 4) is 0 Å². The van der Waals surface area contributed by atoms with Crippen LogP contribution < -0.4 is 5.73 Å². The van der Waals surface area contributed by atoms with E-state index in [9.17, 15) is 19.6 Å². The second kappa shape index (κ2) is 5.10. The van der Waals surface area contributed by atoms with Crippen LogP contribution >= 0.6 is 11.8 Å². The van der Waals surface area contributed by atoms with Gasteiger partial charge in [0.1, 0.15) is 17.3 Å². The molecule has 0 radical (unpaired) electrons. The van der Waals surface area contributed by atoms with E-state index >= 15 is 0 Å². The van der Waals surface area contributed by atoms with Crippen LogP contribution in [-0.2, 0) is 9.59 Å². The number of hydrogen-bond acceptors (Lipinski definition) is 6. The van der Waals surface area contributed by atoms with Crippen LogP contribution in [0.25, 0.3) is 0 Å². The maximum absolute atomic E-state index is 12.4. The van der Waals surface area contributed by atoms with Crippen LogP contribution in [0.5, 0.6) is 0 Å². The number of rotatable bonds is 5. The molecule has 0 aromatic heterocycles. The first-order chi connectivity index (χ1) is 9.67. The smallest absolute Gasteiger partial charge is 0.353 e. The maximum atomic E-state index is 12.4. The quantitative estimate of drug-likeness (QED) is 0.581. The first-order valence-corrected chi connectivity index (χ1v) is 7.64. The molecule has 2 aliphatic heterocycles. The monoisotopic (exact) mass is 313 g/mol. The lowest BCUT2D eigenvalue weighted by molar-refractivity contribution is -0.160. The zero-order valence-electron chi connectivity index (χ0n) is 12.4. The molecule has 0 bridgehead atoms. The third-order valence-corrected chi connectivity index (χ3v) is 5.42. The van der Waals surface area contributed by atoms with Gasteiger partial charge in [-0.05, 0) is 6.92 Å². The lowest BCUT2D eigenvalue weighted by atomic mass is 9.71. The van der Waals surface area contributed by atoms with Crippen LogP contribution in [0, 0.1) is 10.8 Å². The number of amides is 1. The van der Waals surface area contributed by atoms with E-state index in [4.69, 9.17) is 5.73 Å². The van der Waals surface area contributed by atoms with Gasteiger partial charge in [0.25, 0.3) is 5.91 Å². The number of β-lactam (4-membered cyclic amide) rings is 1. The number of aliphatic carboxylic acids is 1. The number of carbonyl (C=O) groups is 2. The summed E-state index contributed by atoms with van der Waals surface area (Å²) in [6, 6.07) is -1.42. The largest absolute Gasteiger partial charge is 0.477 e. The van der Waals surface area contributed by atoms with Crippen LogP contribution in [0.4, 0.5) is 0 Å². The van der Waals surface area contributed by atoms with Crippen molar-refractivity contribution in [1.29, 1.82) is 0 Å². The Bertz CT molecular complexity index is 548. The molecule has 0 aromatic carbocycles. The number of nitrogens with two attached hydrogens (primary N) is 1. The Morgan fingerprint density at radius 1 is 1.48 bits per heavy atom. The summed E-state index contributed by atoms with van der Waals surface area (Å²) in [6.45, 7) is 7.23. The fourth-order valence-electron chi connectivity index (χ4n) is 3.10. The van der Waals surface area contributed by atoms with Gasteiger partial charge >= 0.3 is 5.97 Å². The van der Waals surface area contributed by atoms with Gasteiger partial charge in [-0.3, -0.25) is 9.69 Å². The van der Waals surface area contributed by atoms with E-state index in [2.05, 4.69) is 5.18 Å². The Kier molecular flexibility index (Phi) is 3.88. The van der Waals surface area contributed by atoms with E-state index in [0.29, 0.717) is 4.91 Å². The van der Waals surface area contributed by atoms with Gasteiger partial charge in [0.05, 0.1) is 6.04 Å². The number of thioether (sulfide) groups is 1. The van der Waals surface area contributed by atoms with Crippen molar-refractivity contribution < 1.29 is 14.7 Å². The van der Waals surface area contributed by atoms with Crippen molar-refractivity contribution in [1.82, 2.24) is 4.90 Å². The third-order valence-electron chi connectivity index (χ3n) is 4.13. The Morgan fingerprint density at radius 2 is 2.05 bits per heavy atom. The minimum atomic E-state index is -1.42. The van der Waals surface area contributed by atoms with Gasteiger partial charge in [0.15, 0.2) is 0 Å². The highest BCUT2D eigenvalue weighted by Gasteiger charge is 2.69. The molecule has 1 fully saturated rings. The summed E-state index contributed by atoms with van der Waals surface area (Å²) in [5.74, 6) is -1.91. The maximum Gasteiger partial charge on any atom is 0.353 e. The molecule has 1 amide bonds. The van der Waals surface area contributed by atoms with Gasteiger partial charge in [-0.1, -0.05) is 25.9 Å². The average Bonchev–Trinajstić information content (AvgIpc) is 2.67. The summed E-state index contributed by atoms with van der Waals surface area (Å²) in [5.41, 5.74) is 4.70. The lowest BCUT2D eigenvalue weighted by Crippen LogP contribution is -2.81. The fraction of sp³-hybridized carbons (Fsp3) is 0.692. The van der Waals surface area contributed by atoms with Crippen LogP contribution in [0.2, 0.25) is 0 Å². The van der Waals surface area contributed by atoms with E-state index in [1.165, 1.54) is 23.6 Å². The molecular formula is C13H19N3O4S. The molecule has 0 aliphatic carbocycles. The Hall–Kier alpha value is -1.41. The molecule has 0 aromatic rings. The van der Waals surface area contributed by atoms with Crippen molar-refractivity contribution in [2.75, 3.05) is 0 Å². The second-order valence-corrected chi connectivity index (χ2v) is 7.43. The number of carboxylic acid groups (broad SMARTS) is 1. The molecule has 1 saturated heterocycles. The molecular weight excluding hydrogens is 294 g/mol. The van der Waals surface area contributed by atoms with Crippen LogP contribution in [-0.4, -0.2) is 44.8 Å². The molecule has 0 saturated carbocycles. The van der Waals surface area contributed by atoms with Gasteiger partial charge in [-0.15, -0.1) is 11.8 Å². The highest BCUT2D eigenvalue weighted by molar-refractivity contribution is 8.03. The molecule has 3 N–H and O–H groups in total. The summed E-state index contributed by atoms with van der Waals surface area (Å²) >= 11 is 1.42. The van der Waals surface area contributed by atoms with E-state index in [0.717, 1.165) is 0 Å². The van der Waals surface area contributed by atoms with Crippen LogP contribution in [0.15, 0.2) is 15.8 Å². The normalized spacial score (nSPS) is 33.0. The fourth-order valence-corrected chi connectivity index (χ4v) is 4.25. The van der Waals surface area contributed by atoms with Gasteiger partial charge in [0.2, 0.25) is 0 Å². The zero-order chi connectivity index (χ0) is 16.1. The summed E-state index contributed by atoms with van der Waals surface area (Å²) in [4.78, 5) is 36.6. The predicted octanol–water partition coefficient (Wildman–Crippen LogP) is 1.14. The third kappa shape index (κ3) is 2.00. The number of hydrogen-bond donors (Lipinski definition) is 2. The van der Waals surface area contributed by atoms with Crippen molar-refractivity contribution in [3.05, 3.63) is 15.5 Å². The minimum Gasteiger partial charge on any atom is -0.477 e. The van der Waals surface area contributed by atoms with Crippen molar-refractivity contribution in [2.45, 2.75) is 50.6 Å². The summed E-state index contributed by atoms with van der Waals surface area (Å²) in [7, 11) is 0. The molecule has 2 aliphatic rings. The molecule has 2 heterocycles. The number of nitrogens with zero attached hydrogens (tertiary/aromatic N) is 2. The predicted molar refractivity (Wildman–Crippen MR) is 79.4 cm³/mol. The summed E-state index contributed by atoms with van der Waals surface area (Å²) < 4.78 is 0. The van der Waals surface area contributed by atoms with E-state index in [1.807, 2.05) is 20.8 Å². The second-order valence-electron chi connectivity index (χ2n) is 5.81. The van der Waals surface area contributed by atoms with E-state index in [1.54, 1.807) is 0 Å². The van der Waals surface area contributed by atoms with Gasteiger partial charge in [0, 0.05) is 16.1 Å². The number of fused-ring (bicyclic) bond motifs is 1. The Morgan fingerprint density at radius 3 is 2.48 bits per heavy atom. The highest BCUT2D eigenvalue weighted by Crippen LogP contribution is 2.52. The minimum absolute atomic E-state index is 0.00428. The average molecular weight is 313 g/mol. The van der Waals surface area contributed by atoms with Crippen LogP contribution in [0.3, 0.4) is 0 Å². The van der Waals surface area contributed by atoms with Gasteiger partial charge < -0.3 is 10.8 Å². The SMILES string of the molecule is CC(C)SC1=C(C(=O)O)N2C(=O)C(N)(C(C)N=O)C2C1C. The molecule has 7 nitrogen and oxygen atoms in total. The molecule has 4 atom stereocenters. The molecule has 2 rings (SSSR count). The first-order valence-electron chi connectivity index (χ1n) is 6.77. The summed E-state index contributed by atoms with van der Waals surface area (Å²) in [6.07, 6.45) is 0. The first kappa shape index (κ1) is 16.0. The Labute approximate surface area is 126 Å². The highest BCUT2D eigenvalue weighted by atomic mass is 32.2. The summed E-state index contributed by atoms with van der Waals surface area (Å²) in [5, 5.41) is 12.5. The lowest BCUT2D eigenvalue weighted by Gasteiger charge is -2.53. The number of carboxylic acids is 1. The van der Waals surface area contributed by atoms with Gasteiger partial charge in [-0.2, -0.15) is 4.91 Å². The van der Waals surface area contributed by atoms with Crippen LogP contribution in [0.1, 0.15) is 27.7 Å². The molecule has 21 heavy (non-hydrogen) atoms. The van der Waals surface area contributed by atoms with E-state index < -0.39 is 29.5 Å². The zero-order valence-corrected chi connectivity index (χ0v) is 13.2. The van der Waals surface area contributed by atoms with E-state index in [-0.39, 0.29) is 16.9 Å². The van der Waals surface area contributed by atoms with Gasteiger partial charge in [-0.25, -0.2) is 4.79 Å². The van der Waals surface area contributed by atoms with Crippen molar-refractivity contribution in [3.63, 3.8) is 0 Å². The molecule has 4 unspecified atom stereocenters. The standard InChI is InChI=1S/C13H19N3O4S/c1-5(2)21-9-6(3)10-13(14,7(4)15-20)12(19)16(10)8(9)11(17)18/h5-7,10H,14H2,1-4H3,(H,17,18). The number of nitroso groups, excluding NO2 is 1. The molecule has 116 valence electrons. The van der Waals surface area contributed by atoms with Crippen molar-refractivity contribution >= 4 is 23.6 Å². The topological polar surface area (TPSA) is 113 Å². The molecule has 0 spiro atoms. The van der Waals surface area contributed by atoms with Crippen molar-refractivity contribution in [2.24, 2.45) is 16.8 Å². The number of carbonyl (C=O) groups excluding carboxylic acids is 1.